The smallest absolute Gasteiger partial charge is 0.335 e. The van der Waals surface area contributed by atoms with E-state index in [1.165, 1.54) is 17.5 Å². The molecule has 0 aromatic heterocycles. The highest BCUT2D eigenvalue weighted by Crippen LogP contribution is 2.47. The summed E-state index contributed by atoms with van der Waals surface area (Å²) in [4.78, 5) is 19.5. The van der Waals surface area contributed by atoms with Gasteiger partial charge in [0, 0.05) is 5.69 Å². The van der Waals surface area contributed by atoms with Gasteiger partial charge in [-0.2, -0.15) is 0 Å². The predicted octanol–water partition coefficient (Wildman–Crippen LogP) is 0.931. The summed E-state index contributed by atoms with van der Waals surface area (Å²) in [5.41, 5.74) is 10.1. The lowest BCUT2D eigenvalue weighted by molar-refractivity contribution is -0.165. The van der Waals surface area contributed by atoms with Crippen LogP contribution in [-0.2, 0) is 15.0 Å². The Morgan fingerprint density at radius 3 is 2.04 bits per heavy atom. The number of benzene rings is 1. The molecule has 1 aliphatic rings. The van der Waals surface area contributed by atoms with Crippen LogP contribution in [0, 0.1) is 0 Å². The van der Waals surface area contributed by atoms with Crippen molar-refractivity contribution >= 4 is 17.6 Å². The molecule has 6 N–H and O–H groups in total. The van der Waals surface area contributed by atoms with E-state index >= 15 is 0 Å². The van der Waals surface area contributed by atoms with E-state index in [9.17, 15) is 9.59 Å². The van der Waals surface area contributed by atoms with Crippen LogP contribution in [-0.4, -0.2) is 44.6 Å². The Morgan fingerprint density at radius 2 is 1.65 bits per heavy atom. The highest BCUT2D eigenvalue weighted by molar-refractivity contribution is 5.83. The Labute approximate surface area is 134 Å². The second kappa shape index (κ2) is 6.97. The monoisotopic (exact) mass is 325 g/mol. The molecule has 0 saturated heterocycles. The molecule has 0 heterocycles. The molecule has 0 saturated carbocycles. The lowest BCUT2D eigenvalue weighted by Gasteiger charge is -2.18. The Hall–Kier alpha value is -2.12. The molecule has 0 radical (unpaired) electrons. The van der Waals surface area contributed by atoms with Gasteiger partial charge in [-0.15, -0.1) is 0 Å². The van der Waals surface area contributed by atoms with E-state index in [0.29, 0.717) is 11.3 Å². The Kier molecular flexibility index (Phi) is 5.74. The number of rotatable bonds is 3. The van der Waals surface area contributed by atoms with Gasteiger partial charge in [-0.25, -0.2) is 9.59 Å². The molecule has 3 atom stereocenters. The number of aliphatic carboxylic acids is 2. The number of fused-ring (bicyclic) bond motifs is 1. The van der Waals surface area contributed by atoms with E-state index in [-0.39, 0.29) is 0 Å². The summed E-state index contributed by atoms with van der Waals surface area (Å²) in [5.74, 6) is -2.92. The van der Waals surface area contributed by atoms with Crippen molar-refractivity contribution in [3.63, 3.8) is 0 Å². The molecule has 0 fully saturated rings. The molecule has 1 aromatic rings. The number of aliphatic hydroxyl groups is 2. The third kappa shape index (κ3) is 4.20. The van der Waals surface area contributed by atoms with Gasteiger partial charge in [-0.3, -0.25) is 0 Å². The van der Waals surface area contributed by atoms with Gasteiger partial charge in [0.2, 0.25) is 0 Å². The minimum Gasteiger partial charge on any atom is -0.479 e. The molecular weight excluding hydrogens is 302 g/mol. The SMILES string of the molecule is C[C@@H]1CC(C)(C)c2cccc(N)c21.O=C(O)C(O)C(O)C(=O)O. The normalized spacial score (nSPS) is 20.7. The molecule has 0 amide bonds. The first-order valence-electron chi connectivity index (χ1n) is 7.19. The Bertz CT molecular complexity index is 580. The number of carbonyl (C=O) groups is 2. The highest BCUT2D eigenvalue weighted by atomic mass is 16.4. The Morgan fingerprint density at radius 1 is 1.17 bits per heavy atom. The summed E-state index contributed by atoms with van der Waals surface area (Å²) in [6, 6.07) is 6.29. The third-order valence-corrected chi connectivity index (χ3v) is 3.98. The van der Waals surface area contributed by atoms with E-state index in [1.54, 1.807) is 0 Å². The molecule has 23 heavy (non-hydrogen) atoms. The minimum atomic E-state index is -2.27. The number of carboxylic acid groups (broad SMARTS) is 2. The topological polar surface area (TPSA) is 141 Å². The van der Waals surface area contributed by atoms with E-state index < -0.39 is 24.1 Å². The molecular formula is C16H23NO6. The molecule has 7 nitrogen and oxygen atoms in total. The summed E-state index contributed by atoms with van der Waals surface area (Å²) in [7, 11) is 0. The van der Waals surface area contributed by atoms with Crippen LogP contribution in [0.5, 0.6) is 0 Å². The standard InChI is InChI=1S/C12H17N.C4H6O6/c1-8-7-12(2,3)9-5-4-6-10(13)11(8)9;5-1(3(7)8)2(6)4(9)10/h4-6,8H,7,13H2,1-3H3;1-2,5-6H,(H,7,8)(H,9,10)/t8-;/m1./s1. The molecule has 0 bridgehead atoms. The van der Waals surface area contributed by atoms with Crippen LogP contribution in [0.2, 0.25) is 0 Å². The fraction of sp³-hybridized carbons (Fsp3) is 0.500. The number of carboxylic acids is 2. The quantitative estimate of drug-likeness (QED) is 0.520. The summed E-state index contributed by atoms with van der Waals surface area (Å²) >= 11 is 0. The first-order chi connectivity index (χ1) is 10.5. The van der Waals surface area contributed by atoms with Gasteiger partial charge in [0.25, 0.3) is 0 Å². The number of hydrogen-bond donors (Lipinski definition) is 5. The largest absolute Gasteiger partial charge is 0.479 e. The summed E-state index contributed by atoms with van der Waals surface area (Å²) < 4.78 is 0. The number of anilines is 1. The van der Waals surface area contributed by atoms with Crippen molar-refractivity contribution in [3.05, 3.63) is 29.3 Å². The fourth-order valence-corrected chi connectivity index (χ4v) is 2.97. The zero-order chi connectivity index (χ0) is 17.9. The van der Waals surface area contributed by atoms with E-state index in [0.717, 1.165) is 5.69 Å². The van der Waals surface area contributed by atoms with Crippen molar-refractivity contribution in [2.75, 3.05) is 5.73 Å². The van der Waals surface area contributed by atoms with Gasteiger partial charge in [0.15, 0.2) is 12.2 Å². The van der Waals surface area contributed by atoms with Crippen LogP contribution >= 0.6 is 0 Å². The van der Waals surface area contributed by atoms with Crippen molar-refractivity contribution in [2.24, 2.45) is 0 Å². The molecule has 7 heteroatoms. The maximum Gasteiger partial charge on any atom is 0.335 e. The lowest BCUT2D eigenvalue weighted by Crippen LogP contribution is -2.39. The number of hydrogen-bond acceptors (Lipinski definition) is 5. The summed E-state index contributed by atoms with van der Waals surface area (Å²) in [5, 5.41) is 32.5. The van der Waals surface area contributed by atoms with Crippen molar-refractivity contribution < 1.29 is 30.0 Å². The third-order valence-electron chi connectivity index (χ3n) is 3.98. The molecule has 0 spiro atoms. The zero-order valence-electron chi connectivity index (χ0n) is 13.4. The average molecular weight is 325 g/mol. The average Bonchev–Trinajstić information content (AvgIpc) is 2.68. The summed E-state index contributed by atoms with van der Waals surface area (Å²) in [6.07, 6.45) is -3.31. The van der Waals surface area contributed by atoms with Gasteiger partial charge in [0.05, 0.1) is 0 Å². The fourth-order valence-electron chi connectivity index (χ4n) is 2.97. The maximum absolute atomic E-state index is 9.77. The van der Waals surface area contributed by atoms with Crippen molar-refractivity contribution in [1.29, 1.82) is 0 Å². The van der Waals surface area contributed by atoms with Crippen molar-refractivity contribution in [1.82, 2.24) is 0 Å². The van der Waals surface area contributed by atoms with Crippen LogP contribution in [0.1, 0.15) is 44.2 Å². The van der Waals surface area contributed by atoms with Crippen molar-refractivity contribution in [2.45, 2.75) is 50.7 Å². The van der Waals surface area contributed by atoms with Crippen LogP contribution in [0.25, 0.3) is 0 Å². The second-order valence-electron chi connectivity index (χ2n) is 6.36. The first kappa shape index (κ1) is 18.9. The molecule has 2 rings (SSSR count). The molecule has 2 unspecified atom stereocenters. The molecule has 128 valence electrons. The second-order valence-corrected chi connectivity index (χ2v) is 6.36. The maximum atomic E-state index is 9.77. The van der Waals surface area contributed by atoms with Gasteiger partial charge >= 0.3 is 11.9 Å². The molecule has 1 aliphatic carbocycles. The van der Waals surface area contributed by atoms with Crippen LogP contribution in [0.15, 0.2) is 18.2 Å². The molecule has 0 aliphatic heterocycles. The van der Waals surface area contributed by atoms with E-state index in [2.05, 4.69) is 32.9 Å². The van der Waals surface area contributed by atoms with Crippen LogP contribution in [0.3, 0.4) is 0 Å². The number of aliphatic hydroxyl groups excluding tert-OH is 2. The van der Waals surface area contributed by atoms with Gasteiger partial charge in [-0.05, 0) is 34.9 Å². The van der Waals surface area contributed by atoms with Gasteiger partial charge in [-0.1, -0.05) is 32.9 Å². The van der Waals surface area contributed by atoms with Crippen LogP contribution < -0.4 is 5.73 Å². The molecule has 1 aromatic carbocycles. The van der Waals surface area contributed by atoms with E-state index in [4.69, 9.17) is 26.2 Å². The zero-order valence-corrected chi connectivity index (χ0v) is 13.4. The predicted molar refractivity (Wildman–Crippen MR) is 84.2 cm³/mol. The van der Waals surface area contributed by atoms with Gasteiger partial charge in [0.1, 0.15) is 0 Å². The Balaban J connectivity index is 0.000000241. The minimum absolute atomic E-state index is 0.310. The lowest BCUT2D eigenvalue weighted by atomic mass is 9.86. The van der Waals surface area contributed by atoms with Gasteiger partial charge < -0.3 is 26.2 Å². The number of nitrogens with two attached hydrogens (primary N) is 1. The van der Waals surface area contributed by atoms with Crippen molar-refractivity contribution in [3.8, 4) is 0 Å². The van der Waals surface area contributed by atoms with E-state index in [1.807, 2.05) is 6.07 Å². The van der Waals surface area contributed by atoms with Crippen LogP contribution in [0.4, 0.5) is 5.69 Å². The first-order valence-corrected chi connectivity index (χ1v) is 7.19. The highest BCUT2D eigenvalue weighted by Gasteiger charge is 2.35. The number of nitrogen functional groups attached to an aromatic ring is 1. The summed E-state index contributed by atoms with van der Waals surface area (Å²) in [6.45, 7) is 6.87.